The number of nitrogens with zero attached hydrogens (tertiary/aromatic N) is 3. The molecule has 0 saturated carbocycles. The van der Waals surface area contributed by atoms with Crippen LogP contribution in [-0.4, -0.2) is 83.3 Å². The molecule has 1 aliphatic heterocycles. The summed E-state index contributed by atoms with van der Waals surface area (Å²) in [6, 6.07) is 0. The first-order valence-electron chi connectivity index (χ1n) is 9.36. The van der Waals surface area contributed by atoms with Crippen LogP contribution < -0.4 is 10.6 Å². The van der Waals surface area contributed by atoms with Crippen LogP contribution >= 0.6 is 34.9 Å². The van der Waals surface area contributed by atoms with Gasteiger partial charge in [-0.1, -0.05) is 41.8 Å². The van der Waals surface area contributed by atoms with Crippen molar-refractivity contribution < 1.29 is 14.3 Å². The topological polar surface area (TPSA) is 96.5 Å². The van der Waals surface area contributed by atoms with Gasteiger partial charge in [0.25, 0.3) is 0 Å². The Kier molecular flexibility index (Phi) is 10.00. The minimum Gasteiger partial charge on any atom is -0.379 e. The molecule has 0 atom stereocenters. The van der Waals surface area contributed by atoms with Crippen LogP contribution in [0.4, 0.5) is 0 Å². The Hall–Kier alpha value is -0.880. The van der Waals surface area contributed by atoms with Gasteiger partial charge < -0.3 is 15.4 Å². The van der Waals surface area contributed by atoms with Crippen molar-refractivity contribution in [1.82, 2.24) is 25.7 Å². The van der Waals surface area contributed by atoms with E-state index >= 15 is 0 Å². The number of nitrogens with one attached hydrogen (secondary N) is 2. The highest BCUT2D eigenvalue weighted by Crippen LogP contribution is 2.28. The zero-order valence-corrected chi connectivity index (χ0v) is 19.1. The molecule has 0 radical (unpaired) electrons. The van der Waals surface area contributed by atoms with E-state index in [-0.39, 0.29) is 17.4 Å². The van der Waals surface area contributed by atoms with Gasteiger partial charge in [0, 0.05) is 31.7 Å². The molecular weight excluding hydrogens is 418 g/mol. The summed E-state index contributed by atoms with van der Waals surface area (Å²) < 4.78 is 6.86. The van der Waals surface area contributed by atoms with Gasteiger partial charge in [-0.2, -0.15) is 0 Å². The van der Waals surface area contributed by atoms with E-state index in [4.69, 9.17) is 4.74 Å². The van der Waals surface area contributed by atoms with E-state index in [0.29, 0.717) is 24.6 Å². The second-order valence-electron chi connectivity index (χ2n) is 6.95. The van der Waals surface area contributed by atoms with Crippen LogP contribution in [-0.2, 0) is 14.3 Å². The molecule has 2 heterocycles. The number of thioether (sulfide) groups is 2. The molecule has 0 spiro atoms. The molecule has 2 rings (SSSR count). The molecule has 158 valence electrons. The van der Waals surface area contributed by atoms with Crippen LogP contribution in [0.1, 0.15) is 27.2 Å². The van der Waals surface area contributed by atoms with Gasteiger partial charge in [-0.25, -0.2) is 0 Å². The molecule has 0 bridgehead atoms. The number of morpholine rings is 1. The van der Waals surface area contributed by atoms with Gasteiger partial charge in [-0.05, 0) is 20.3 Å². The Morgan fingerprint density at radius 3 is 2.25 bits per heavy atom. The molecule has 2 N–H and O–H groups in total. The third-order valence-electron chi connectivity index (χ3n) is 4.20. The van der Waals surface area contributed by atoms with Crippen LogP contribution in [0.25, 0.3) is 0 Å². The molecule has 11 heteroatoms. The summed E-state index contributed by atoms with van der Waals surface area (Å²) in [6.45, 7) is 10.8. The Morgan fingerprint density at radius 1 is 1.11 bits per heavy atom. The third kappa shape index (κ3) is 8.24. The van der Waals surface area contributed by atoms with Gasteiger partial charge in [0.1, 0.15) is 0 Å². The highest BCUT2D eigenvalue weighted by Gasteiger charge is 2.28. The predicted molar refractivity (Wildman–Crippen MR) is 114 cm³/mol. The molecule has 0 aliphatic carbocycles. The van der Waals surface area contributed by atoms with Crippen molar-refractivity contribution in [2.45, 2.75) is 41.4 Å². The number of ether oxygens (including phenoxy) is 1. The Bertz CT molecular complexity index is 635. The smallest absolute Gasteiger partial charge is 0.230 e. The van der Waals surface area contributed by atoms with E-state index in [1.807, 2.05) is 6.92 Å². The van der Waals surface area contributed by atoms with E-state index < -0.39 is 0 Å². The fraction of sp³-hybridized carbons (Fsp3) is 0.765. The summed E-state index contributed by atoms with van der Waals surface area (Å²) in [5.74, 6) is 0.611. The lowest BCUT2D eigenvalue weighted by Gasteiger charge is -2.40. The summed E-state index contributed by atoms with van der Waals surface area (Å²) in [5, 5.41) is 14.0. The molecule has 1 fully saturated rings. The highest BCUT2D eigenvalue weighted by molar-refractivity contribution is 8.03. The third-order valence-corrected chi connectivity index (χ3v) is 7.39. The predicted octanol–water partition coefficient (Wildman–Crippen LogP) is 1.48. The first-order chi connectivity index (χ1) is 13.4. The molecule has 28 heavy (non-hydrogen) atoms. The van der Waals surface area contributed by atoms with E-state index in [2.05, 4.69) is 39.6 Å². The van der Waals surface area contributed by atoms with Crippen LogP contribution in [0.3, 0.4) is 0 Å². The Morgan fingerprint density at radius 2 is 1.68 bits per heavy atom. The largest absolute Gasteiger partial charge is 0.379 e. The lowest BCUT2D eigenvalue weighted by atomic mass is 10.0. The maximum absolute atomic E-state index is 12.2. The average Bonchev–Trinajstić information content (AvgIpc) is 3.16. The maximum atomic E-state index is 12.2. The highest BCUT2D eigenvalue weighted by atomic mass is 32.2. The molecule has 1 aromatic rings. The van der Waals surface area contributed by atoms with Gasteiger partial charge in [0.2, 0.25) is 11.8 Å². The van der Waals surface area contributed by atoms with Crippen molar-refractivity contribution in [2.24, 2.45) is 0 Å². The molecule has 1 aromatic heterocycles. The number of amides is 2. The van der Waals surface area contributed by atoms with Gasteiger partial charge >= 0.3 is 0 Å². The minimum atomic E-state index is -0.102. The summed E-state index contributed by atoms with van der Waals surface area (Å²) in [6.07, 6.45) is 0.918. The Labute approximate surface area is 178 Å². The van der Waals surface area contributed by atoms with Crippen LogP contribution in [0.15, 0.2) is 8.68 Å². The minimum absolute atomic E-state index is 0.00138. The fourth-order valence-electron chi connectivity index (χ4n) is 2.53. The fourth-order valence-corrected chi connectivity index (χ4v) is 5.21. The summed E-state index contributed by atoms with van der Waals surface area (Å²) in [4.78, 5) is 26.2. The number of rotatable bonds is 11. The van der Waals surface area contributed by atoms with Gasteiger partial charge in [0.05, 0.1) is 24.7 Å². The molecule has 1 aliphatic rings. The van der Waals surface area contributed by atoms with Gasteiger partial charge in [-0.15, -0.1) is 10.2 Å². The lowest BCUT2D eigenvalue weighted by molar-refractivity contribution is -0.119. The van der Waals surface area contributed by atoms with Crippen LogP contribution in [0, 0.1) is 0 Å². The Balaban J connectivity index is 1.67. The number of hydrogen-bond donors (Lipinski definition) is 2. The molecule has 2 amide bonds. The molecule has 1 saturated heterocycles. The van der Waals surface area contributed by atoms with E-state index in [0.717, 1.165) is 41.4 Å². The molecule has 8 nitrogen and oxygen atoms in total. The van der Waals surface area contributed by atoms with Crippen molar-refractivity contribution in [3.05, 3.63) is 0 Å². The van der Waals surface area contributed by atoms with E-state index in [1.165, 1.54) is 34.9 Å². The number of carbonyl (C=O) groups excluding carboxylic acids is 2. The van der Waals surface area contributed by atoms with Crippen molar-refractivity contribution in [3.63, 3.8) is 0 Å². The zero-order chi connectivity index (χ0) is 20.4. The first kappa shape index (κ1) is 23.4. The number of hydrogen-bond acceptors (Lipinski definition) is 9. The van der Waals surface area contributed by atoms with Crippen molar-refractivity contribution in [2.75, 3.05) is 50.9 Å². The monoisotopic (exact) mass is 447 g/mol. The average molecular weight is 448 g/mol. The number of carbonyl (C=O) groups is 2. The molecular formula is C17H29N5O3S3. The summed E-state index contributed by atoms with van der Waals surface area (Å²) >= 11 is 4.14. The lowest BCUT2D eigenvalue weighted by Crippen LogP contribution is -2.55. The quantitative estimate of drug-likeness (QED) is 0.493. The summed E-state index contributed by atoms with van der Waals surface area (Å²) in [7, 11) is 0. The normalized spacial score (nSPS) is 15.4. The van der Waals surface area contributed by atoms with Crippen molar-refractivity contribution >= 4 is 46.7 Å². The standard InChI is InChI=1S/C17H29N5O3S3/c1-4-5-18-13(23)10-26-15-20-21-16(28-15)27-11-14(24)19-12-17(2,3)22-6-8-25-9-7-22/h4-12H2,1-3H3,(H,18,23)(H,19,24). The van der Waals surface area contributed by atoms with Crippen molar-refractivity contribution in [3.8, 4) is 0 Å². The second-order valence-corrected chi connectivity index (χ2v) is 10.4. The summed E-state index contributed by atoms with van der Waals surface area (Å²) in [5.41, 5.74) is -0.102. The SMILES string of the molecule is CCCNC(=O)CSc1nnc(SCC(=O)NCC(C)(C)N2CCOCC2)s1. The maximum Gasteiger partial charge on any atom is 0.230 e. The van der Waals surface area contributed by atoms with Gasteiger partial charge in [-0.3, -0.25) is 14.5 Å². The molecule has 0 unspecified atom stereocenters. The van der Waals surface area contributed by atoms with Crippen molar-refractivity contribution in [1.29, 1.82) is 0 Å². The van der Waals surface area contributed by atoms with Crippen LogP contribution in [0.5, 0.6) is 0 Å². The second kappa shape index (κ2) is 12.0. The zero-order valence-electron chi connectivity index (χ0n) is 16.7. The molecule has 0 aromatic carbocycles. The number of aromatic nitrogens is 2. The van der Waals surface area contributed by atoms with Gasteiger partial charge in [0.15, 0.2) is 8.68 Å². The van der Waals surface area contributed by atoms with E-state index in [9.17, 15) is 9.59 Å². The van der Waals surface area contributed by atoms with Crippen LogP contribution in [0.2, 0.25) is 0 Å². The van der Waals surface area contributed by atoms with E-state index in [1.54, 1.807) is 0 Å². The first-order valence-corrected chi connectivity index (χ1v) is 12.1.